The molecule has 1 saturated carbocycles. The van der Waals surface area contributed by atoms with Crippen molar-refractivity contribution in [1.29, 1.82) is 0 Å². The van der Waals surface area contributed by atoms with E-state index in [2.05, 4.69) is 15.5 Å². The molecule has 2 rings (SSSR count). The van der Waals surface area contributed by atoms with Gasteiger partial charge >= 0.3 is 0 Å². The molecule has 152 valence electrons. The Balaban J connectivity index is 2.22. The summed E-state index contributed by atoms with van der Waals surface area (Å²) in [6, 6.07) is -0.555. The minimum atomic E-state index is -1.66. The van der Waals surface area contributed by atoms with Crippen LogP contribution in [0.5, 0.6) is 0 Å². The van der Waals surface area contributed by atoms with Gasteiger partial charge in [0.05, 0.1) is 12.0 Å². The van der Waals surface area contributed by atoms with E-state index in [1.807, 2.05) is 34.6 Å². The third kappa shape index (κ3) is 5.49. The van der Waals surface area contributed by atoms with E-state index in [0.717, 1.165) is 12.8 Å². The van der Waals surface area contributed by atoms with Crippen molar-refractivity contribution in [1.82, 2.24) is 20.9 Å². The van der Waals surface area contributed by atoms with Crippen LogP contribution in [0.4, 0.5) is 0 Å². The van der Waals surface area contributed by atoms with Gasteiger partial charge in [0, 0.05) is 5.92 Å². The number of aromatic nitrogens is 2. The molecule has 1 aliphatic rings. The number of aliphatic hydroxyl groups is 1. The van der Waals surface area contributed by atoms with Gasteiger partial charge in [0.1, 0.15) is 6.10 Å². The average Bonchev–Trinajstić information content (AvgIpc) is 3.32. The Morgan fingerprint density at radius 2 is 1.89 bits per heavy atom. The Hall–Kier alpha value is -2.00. The lowest BCUT2D eigenvalue weighted by Crippen LogP contribution is -2.48. The van der Waals surface area contributed by atoms with Crippen LogP contribution in [0.3, 0.4) is 0 Å². The summed E-state index contributed by atoms with van der Waals surface area (Å²) in [6.07, 6.45) is 0.655. The molecular formula is C18H30N4O5. The van der Waals surface area contributed by atoms with Crippen molar-refractivity contribution in [2.24, 2.45) is 17.3 Å². The Labute approximate surface area is 158 Å². The van der Waals surface area contributed by atoms with Crippen LogP contribution in [0.25, 0.3) is 0 Å². The number of amides is 2. The van der Waals surface area contributed by atoms with Gasteiger partial charge < -0.3 is 14.9 Å². The maximum Gasteiger partial charge on any atom is 0.272 e. The minimum absolute atomic E-state index is 0.0571. The first kappa shape index (κ1) is 21.3. The normalized spacial score (nSPS) is 18.1. The van der Waals surface area contributed by atoms with Crippen LogP contribution in [-0.2, 0) is 9.59 Å². The molecule has 27 heavy (non-hydrogen) atoms. The maximum atomic E-state index is 12.9. The quantitative estimate of drug-likeness (QED) is 0.396. The third-order valence-corrected chi connectivity index (χ3v) is 4.62. The fourth-order valence-corrected chi connectivity index (χ4v) is 2.91. The van der Waals surface area contributed by atoms with Crippen molar-refractivity contribution in [3.05, 3.63) is 11.7 Å². The van der Waals surface area contributed by atoms with Gasteiger partial charge in [-0.2, -0.15) is 4.98 Å². The van der Waals surface area contributed by atoms with E-state index in [4.69, 9.17) is 9.73 Å². The summed E-state index contributed by atoms with van der Waals surface area (Å²) in [7, 11) is 0. The molecule has 0 unspecified atom stereocenters. The van der Waals surface area contributed by atoms with Crippen LogP contribution >= 0.6 is 0 Å². The summed E-state index contributed by atoms with van der Waals surface area (Å²) in [5, 5.41) is 25.9. The number of hydroxylamine groups is 1. The Bertz CT molecular complexity index is 663. The minimum Gasteiger partial charge on any atom is -0.382 e. The van der Waals surface area contributed by atoms with E-state index in [0.29, 0.717) is 17.6 Å². The molecule has 4 N–H and O–H groups in total. The first-order valence-corrected chi connectivity index (χ1v) is 9.30. The largest absolute Gasteiger partial charge is 0.382 e. The predicted octanol–water partition coefficient (Wildman–Crippen LogP) is 1.68. The zero-order chi connectivity index (χ0) is 20.4. The SMILES string of the molecule is CC(C)C[C@@H](C(=O)N[C@@H](c1noc(C2CC2)n1)C(C)(C)C)[C@H](O)C(=O)NO. The van der Waals surface area contributed by atoms with Crippen molar-refractivity contribution < 1.29 is 24.4 Å². The first-order valence-electron chi connectivity index (χ1n) is 9.30. The van der Waals surface area contributed by atoms with E-state index in [1.54, 1.807) is 0 Å². The second-order valence-electron chi connectivity index (χ2n) is 8.73. The molecule has 1 aromatic rings. The smallest absolute Gasteiger partial charge is 0.272 e. The predicted molar refractivity (Wildman–Crippen MR) is 95.5 cm³/mol. The van der Waals surface area contributed by atoms with Gasteiger partial charge in [0.15, 0.2) is 5.82 Å². The van der Waals surface area contributed by atoms with E-state index in [9.17, 15) is 14.7 Å². The summed E-state index contributed by atoms with van der Waals surface area (Å²) in [5.74, 6) is -1.23. The Morgan fingerprint density at radius 1 is 1.26 bits per heavy atom. The van der Waals surface area contributed by atoms with Crippen LogP contribution < -0.4 is 10.8 Å². The molecule has 9 heteroatoms. The second kappa shape index (κ2) is 8.35. The fourth-order valence-electron chi connectivity index (χ4n) is 2.91. The van der Waals surface area contributed by atoms with Crippen molar-refractivity contribution in [2.75, 3.05) is 0 Å². The molecule has 9 nitrogen and oxygen atoms in total. The molecule has 0 aromatic carbocycles. The number of nitrogens with zero attached hydrogens (tertiary/aromatic N) is 2. The Kier molecular flexibility index (Phi) is 6.59. The van der Waals surface area contributed by atoms with Crippen LogP contribution in [0.1, 0.15) is 77.6 Å². The molecule has 0 spiro atoms. The first-order chi connectivity index (χ1) is 12.5. The van der Waals surface area contributed by atoms with Gasteiger partial charge in [-0.25, -0.2) is 5.48 Å². The number of carbonyl (C=O) groups is 2. The van der Waals surface area contributed by atoms with Gasteiger partial charge in [-0.05, 0) is 30.6 Å². The molecular weight excluding hydrogens is 352 g/mol. The topological polar surface area (TPSA) is 138 Å². The number of hydrogen-bond donors (Lipinski definition) is 4. The van der Waals surface area contributed by atoms with Gasteiger partial charge in [-0.3, -0.25) is 14.8 Å². The van der Waals surface area contributed by atoms with Crippen molar-refractivity contribution in [3.63, 3.8) is 0 Å². The summed E-state index contributed by atoms with van der Waals surface area (Å²) >= 11 is 0. The molecule has 2 amide bonds. The standard InChI is InChI=1S/C18H30N4O5/c1-9(2)8-11(12(23)16(25)21-26)15(24)19-13(18(3,4)5)14-20-17(27-22-14)10-6-7-10/h9-13,23,26H,6-8H2,1-5H3,(H,19,24)(H,21,25)/t11-,12+,13+/m1/s1. The number of hydrogen-bond acceptors (Lipinski definition) is 7. The highest BCUT2D eigenvalue weighted by molar-refractivity contribution is 5.88. The number of aliphatic hydroxyl groups excluding tert-OH is 1. The summed E-state index contributed by atoms with van der Waals surface area (Å²) < 4.78 is 5.32. The third-order valence-electron chi connectivity index (χ3n) is 4.62. The average molecular weight is 382 g/mol. The van der Waals surface area contributed by atoms with E-state index >= 15 is 0 Å². The molecule has 1 aromatic heterocycles. The molecule has 0 saturated heterocycles. The van der Waals surface area contributed by atoms with Crippen LogP contribution in [-0.4, -0.2) is 38.4 Å². The fraction of sp³-hybridized carbons (Fsp3) is 0.778. The molecule has 1 aliphatic carbocycles. The highest BCUT2D eigenvalue weighted by atomic mass is 16.5. The van der Waals surface area contributed by atoms with E-state index in [-0.39, 0.29) is 12.3 Å². The second-order valence-corrected chi connectivity index (χ2v) is 8.73. The lowest BCUT2D eigenvalue weighted by molar-refractivity contribution is -0.147. The number of nitrogens with one attached hydrogen (secondary N) is 2. The highest BCUT2D eigenvalue weighted by Crippen LogP contribution is 2.40. The van der Waals surface area contributed by atoms with Crippen LogP contribution in [0, 0.1) is 17.3 Å². The maximum absolute atomic E-state index is 12.9. The summed E-state index contributed by atoms with van der Waals surface area (Å²) in [4.78, 5) is 29.0. The summed E-state index contributed by atoms with van der Waals surface area (Å²) in [6.45, 7) is 9.55. The monoisotopic (exact) mass is 382 g/mol. The molecule has 0 bridgehead atoms. The van der Waals surface area contributed by atoms with Crippen molar-refractivity contribution >= 4 is 11.8 Å². The van der Waals surface area contributed by atoms with Gasteiger partial charge in [0.2, 0.25) is 11.8 Å². The van der Waals surface area contributed by atoms with Gasteiger partial charge in [-0.1, -0.05) is 39.8 Å². The van der Waals surface area contributed by atoms with Crippen molar-refractivity contribution in [2.45, 2.75) is 71.9 Å². The van der Waals surface area contributed by atoms with E-state index < -0.39 is 35.3 Å². The molecule has 1 heterocycles. The molecule has 3 atom stereocenters. The zero-order valence-corrected chi connectivity index (χ0v) is 16.5. The van der Waals surface area contributed by atoms with Gasteiger partial charge in [-0.15, -0.1) is 0 Å². The van der Waals surface area contributed by atoms with E-state index in [1.165, 1.54) is 5.48 Å². The molecule has 0 aliphatic heterocycles. The van der Waals surface area contributed by atoms with Crippen LogP contribution in [0.15, 0.2) is 4.52 Å². The molecule has 0 radical (unpaired) electrons. The summed E-state index contributed by atoms with van der Waals surface area (Å²) in [5.41, 5.74) is 0.979. The lowest BCUT2D eigenvalue weighted by atomic mass is 9.84. The molecule has 1 fully saturated rings. The number of carbonyl (C=O) groups excluding carboxylic acids is 2. The van der Waals surface area contributed by atoms with Crippen molar-refractivity contribution in [3.8, 4) is 0 Å². The van der Waals surface area contributed by atoms with Gasteiger partial charge in [0.25, 0.3) is 5.91 Å². The Morgan fingerprint density at radius 3 is 2.37 bits per heavy atom. The lowest BCUT2D eigenvalue weighted by Gasteiger charge is -2.31. The number of rotatable bonds is 8. The highest BCUT2D eigenvalue weighted by Gasteiger charge is 2.39. The van der Waals surface area contributed by atoms with Crippen LogP contribution in [0.2, 0.25) is 0 Å². The zero-order valence-electron chi connectivity index (χ0n) is 16.5.